The zero-order chi connectivity index (χ0) is 15.5. The molecule has 7 nitrogen and oxygen atoms in total. The highest BCUT2D eigenvalue weighted by Crippen LogP contribution is 2.28. The van der Waals surface area contributed by atoms with Gasteiger partial charge in [-0.2, -0.15) is 23.0 Å². The first kappa shape index (κ1) is 16.1. The van der Waals surface area contributed by atoms with E-state index in [0.717, 1.165) is 12.2 Å². The van der Waals surface area contributed by atoms with Crippen molar-refractivity contribution in [2.24, 2.45) is 0 Å². The van der Waals surface area contributed by atoms with E-state index in [1.54, 1.807) is 0 Å². The van der Waals surface area contributed by atoms with E-state index >= 15 is 0 Å². The van der Waals surface area contributed by atoms with Gasteiger partial charge in [0.15, 0.2) is 0 Å². The number of hydrogen-bond acceptors (Lipinski definition) is 6. The minimum atomic E-state index is -4.51. The fourth-order valence-corrected chi connectivity index (χ4v) is 2.21. The van der Waals surface area contributed by atoms with Gasteiger partial charge in [-0.25, -0.2) is 14.0 Å². The summed E-state index contributed by atoms with van der Waals surface area (Å²) < 4.78 is 44.6. The first-order valence-electron chi connectivity index (χ1n) is 5.95. The standard InChI is InChI=1S/C10H13F3N4O3S/c1-19-20-21-16-4-2-15(3-5-16)9(18)17-7-8(6-14-17)10(11,12)13/h6-7H,2-5H2,1H3. The third-order valence-electron chi connectivity index (χ3n) is 2.82. The van der Waals surface area contributed by atoms with Crippen LogP contribution in [0.4, 0.5) is 18.0 Å². The number of carbonyl (C=O) groups excluding carboxylic acids is 1. The summed E-state index contributed by atoms with van der Waals surface area (Å²) in [6.45, 7) is 1.74. The maximum atomic E-state index is 12.5. The third kappa shape index (κ3) is 4.09. The number of amides is 1. The second kappa shape index (κ2) is 6.64. The molecule has 0 spiro atoms. The predicted molar refractivity (Wildman–Crippen MR) is 66.9 cm³/mol. The molecule has 2 heterocycles. The van der Waals surface area contributed by atoms with Crippen LogP contribution in [0.3, 0.4) is 0 Å². The predicted octanol–water partition coefficient (Wildman–Crippen LogP) is 1.63. The van der Waals surface area contributed by atoms with Gasteiger partial charge in [0.05, 0.1) is 18.9 Å². The van der Waals surface area contributed by atoms with Gasteiger partial charge in [-0.1, -0.05) is 0 Å². The van der Waals surface area contributed by atoms with Gasteiger partial charge in [-0.05, 0) is 0 Å². The largest absolute Gasteiger partial charge is 0.419 e. The van der Waals surface area contributed by atoms with E-state index in [1.807, 2.05) is 4.31 Å². The van der Waals surface area contributed by atoms with Gasteiger partial charge in [-0.3, -0.25) is 0 Å². The first-order chi connectivity index (χ1) is 9.91. The monoisotopic (exact) mass is 326 g/mol. The molecule has 0 aliphatic carbocycles. The fourth-order valence-electron chi connectivity index (χ4n) is 1.75. The first-order valence-corrected chi connectivity index (χ1v) is 6.65. The minimum Gasteiger partial charge on any atom is -0.320 e. The highest BCUT2D eigenvalue weighted by atomic mass is 32.2. The highest BCUT2D eigenvalue weighted by molar-refractivity contribution is 7.92. The molecule has 1 aromatic heterocycles. The van der Waals surface area contributed by atoms with Gasteiger partial charge in [0.1, 0.15) is 12.2 Å². The van der Waals surface area contributed by atoms with Crippen molar-refractivity contribution in [3.05, 3.63) is 18.0 Å². The van der Waals surface area contributed by atoms with Crippen LogP contribution < -0.4 is 0 Å². The van der Waals surface area contributed by atoms with Crippen LogP contribution in [0.15, 0.2) is 12.4 Å². The lowest BCUT2D eigenvalue weighted by atomic mass is 10.3. The molecule has 0 atom stereocenters. The summed E-state index contributed by atoms with van der Waals surface area (Å²) in [5.74, 6) is 0. The molecule has 0 N–H and O–H groups in total. The molecule has 0 bridgehead atoms. The van der Waals surface area contributed by atoms with Crippen LogP contribution in [-0.4, -0.2) is 58.3 Å². The Morgan fingerprint density at radius 3 is 2.52 bits per heavy atom. The molecule has 1 aliphatic heterocycles. The Bertz CT molecular complexity index is 488. The van der Waals surface area contributed by atoms with Crippen LogP contribution in [-0.2, 0) is 15.4 Å². The van der Waals surface area contributed by atoms with E-state index in [-0.39, 0.29) is 0 Å². The van der Waals surface area contributed by atoms with Crippen molar-refractivity contribution in [2.75, 3.05) is 33.3 Å². The number of alkyl halides is 3. The second-order valence-electron chi connectivity index (χ2n) is 4.18. The van der Waals surface area contributed by atoms with Crippen molar-refractivity contribution in [3.8, 4) is 0 Å². The van der Waals surface area contributed by atoms with Crippen molar-refractivity contribution >= 4 is 18.3 Å². The molecule has 2 rings (SSSR count). The van der Waals surface area contributed by atoms with Crippen LogP contribution in [0, 0.1) is 0 Å². The Morgan fingerprint density at radius 1 is 1.33 bits per heavy atom. The molecular formula is C10H13F3N4O3S. The molecule has 118 valence electrons. The lowest BCUT2D eigenvalue weighted by Crippen LogP contribution is -2.47. The van der Waals surface area contributed by atoms with Gasteiger partial charge >= 0.3 is 12.2 Å². The number of rotatable bonds is 3. The summed E-state index contributed by atoms with van der Waals surface area (Å²) in [7, 11) is 1.38. The lowest BCUT2D eigenvalue weighted by Gasteiger charge is -2.32. The molecule has 0 aromatic carbocycles. The van der Waals surface area contributed by atoms with E-state index in [1.165, 1.54) is 12.0 Å². The van der Waals surface area contributed by atoms with Crippen molar-refractivity contribution in [2.45, 2.75) is 6.18 Å². The van der Waals surface area contributed by atoms with Crippen molar-refractivity contribution < 1.29 is 27.2 Å². The Kier molecular flexibility index (Phi) is 5.08. The normalized spacial score (nSPS) is 17.2. The Hall–Kier alpha value is -1.30. The molecule has 0 saturated carbocycles. The third-order valence-corrected chi connectivity index (χ3v) is 3.59. The fraction of sp³-hybridized carbons (Fsp3) is 0.600. The van der Waals surface area contributed by atoms with Crippen LogP contribution in [0.5, 0.6) is 0 Å². The zero-order valence-corrected chi connectivity index (χ0v) is 11.9. The average Bonchev–Trinajstić information content (AvgIpc) is 2.95. The van der Waals surface area contributed by atoms with Crippen LogP contribution in [0.25, 0.3) is 0 Å². The number of aromatic nitrogens is 2. The van der Waals surface area contributed by atoms with E-state index in [9.17, 15) is 18.0 Å². The highest BCUT2D eigenvalue weighted by Gasteiger charge is 2.33. The Balaban J connectivity index is 1.91. The molecule has 1 fully saturated rings. The van der Waals surface area contributed by atoms with E-state index in [2.05, 4.69) is 9.99 Å². The molecule has 1 amide bonds. The number of nitrogens with zero attached hydrogens (tertiary/aromatic N) is 4. The molecule has 0 unspecified atom stereocenters. The van der Waals surface area contributed by atoms with E-state index in [4.69, 9.17) is 4.33 Å². The van der Waals surface area contributed by atoms with Gasteiger partial charge in [0, 0.05) is 32.4 Å². The Morgan fingerprint density at radius 2 is 2.00 bits per heavy atom. The Labute approximate surface area is 122 Å². The molecule has 0 radical (unpaired) electrons. The van der Waals surface area contributed by atoms with Gasteiger partial charge in [0.25, 0.3) is 0 Å². The van der Waals surface area contributed by atoms with Gasteiger partial charge in [-0.15, -0.1) is 4.33 Å². The van der Waals surface area contributed by atoms with E-state index in [0.29, 0.717) is 43.3 Å². The summed E-state index contributed by atoms with van der Waals surface area (Å²) in [5.41, 5.74) is -0.946. The zero-order valence-electron chi connectivity index (χ0n) is 11.0. The van der Waals surface area contributed by atoms with Crippen LogP contribution >= 0.6 is 12.2 Å². The number of halogens is 3. The number of hydrogen-bond donors (Lipinski definition) is 0. The maximum absolute atomic E-state index is 12.5. The van der Waals surface area contributed by atoms with Crippen LogP contribution in [0.2, 0.25) is 0 Å². The minimum absolute atomic E-state index is 0.361. The summed E-state index contributed by atoms with van der Waals surface area (Å²) in [4.78, 5) is 17.9. The van der Waals surface area contributed by atoms with Crippen molar-refractivity contribution in [1.82, 2.24) is 19.0 Å². The molecule has 21 heavy (non-hydrogen) atoms. The molecule has 1 saturated heterocycles. The quantitative estimate of drug-likeness (QED) is 0.364. The summed E-state index contributed by atoms with van der Waals surface area (Å²) >= 11 is 1.02. The SMILES string of the molecule is COOSN1CCN(C(=O)n2cc(C(F)(F)F)cn2)CC1. The van der Waals surface area contributed by atoms with Gasteiger partial charge < -0.3 is 4.90 Å². The lowest BCUT2D eigenvalue weighted by molar-refractivity contribution is -0.163. The average molecular weight is 326 g/mol. The van der Waals surface area contributed by atoms with Crippen LogP contribution in [0.1, 0.15) is 5.56 Å². The smallest absolute Gasteiger partial charge is 0.320 e. The van der Waals surface area contributed by atoms with Crippen molar-refractivity contribution in [3.63, 3.8) is 0 Å². The molecule has 1 aliphatic rings. The second-order valence-corrected chi connectivity index (χ2v) is 4.98. The van der Waals surface area contributed by atoms with Gasteiger partial charge in [0.2, 0.25) is 0 Å². The van der Waals surface area contributed by atoms with Crippen molar-refractivity contribution in [1.29, 1.82) is 0 Å². The summed E-state index contributed by atoms with van der Waals surface area (Å²) in [6, 6.07) is -0.581. The maximum Gasteiger partial charge on any atom is 0.419 e. The molecular weight excluding hydrogens is 313 g/mol. The summed E-state index contributed by atoms with van der Waals surface area (Å²) in [5, 5.41) is 3.47. The summed E-state index contributed by atoms with van der Waals surface area (Å²) in [6.07, 6.45) is -3.18. The molecule has 11 heteroatoms. The number of carbonyl (C=O) groups is 1. The molecule has 1 aromatic rings. The topological polar surface area (TPSA) is 59.8 Å². The van der Waals surface area contributed by atoms with E-state index < -0.39 is 17.8 Å². The number of piperazine rings is 1.